The molecule has 37 heavy (non-hydrogen) atoms. The Morgan fingerprint density at radius 3 is 2.35 bits per heavy atom. The fourth-order valence-electron chi connectivity index (χ4n) is 3.80. The molecule has 0 aromatic heterocycles. The van der Waals surface area contributed by atoms with E-state index in [1.807, 2.05) is 31.2 Å². The monoisotopic (exact) mass is 545 g/mol. The lowest BCUT2D eigenvalue weighted by atomic mass is 10.1. The number of rotatable bonds is 10. The van der Waals surface area contributed by atoms with Crippen LogP contribution in [0.2, 0.25) is 5.02 Å². The van der Waals surface area contributed by atoms with E-state index in [2.05, 4.69) is 5.32 Å². The first-order valence-electron chi connectivity index (χ1n) is 11.7. The molecule has 3 rings (SSSR count). The van der Waals surface area contributed by atoms with Crippen LogP contribution in [0.4, 0.5) is 10.1 Å². The standard InChI is InChI=1S/C27H29ClFN3O4S/c1-4-30-27(34)20(3)31(17-21-10-8-9-19(2)15-21)26(33)18-32(22-13-14-25(29)24(28)16-22)37(35,36)23-11-6-5-7-12-23/h5-16,20H,4,17-18H2,1-3H3,(H,30,34). The van der Waals surface area contributed by atoms with Crippen molar-refractivity contribution >= 4 is 39.1 Å². The first kappa shape index (κ1) is 28.1. The molecule has 3 aromatic rings. The van der Waals surface area contributed by atoms with Crippen LogP contribution in [-0.2, 0) is 26.2 Å². The average molecular weight is 546 g/mol. The minimum absolute atomic E-state index is 0.0183. The van der Waals surface area contributed by atoms with Crippen LogP contribution in [0.5, 0.6) is 0 Å². The molecule has 0 spiro atoms. The Morgan fingerprint density at radius 2 is 1.73 bits per heavy atom. The Kier molecular flexibility index (Phi) is 9.29. The zero-order chi connectivity index (χ0) is 27.2. The molecule has 10 heteroatoms. The van der Waals surface area contributed by atoms with Crippen LogP contribution in [0.1, 0.15) is 25.0 Å². The van der Waals surface area contributed by atoms with Crippen LogP contribution in [0.15, 0.2) is 77.7 Å². The summed E-state index contributed by atoms with van der Waals surface area (Å²) >= 11 is 5.96. The van der Waals surface area contributed by atoms with Crippen LogP contribution in [0.3, 0.4) is 0 Å². The lowest BCUT2D eigenvalue weighted by molar-refractivity contribution is -0.139. The van der Waals surface area contributed by atoms with E-state index in [1.54, 1.807) is 32.0 Å². The molecule has 0 aliphatic rings. The quantitative estimate of drug-likeness (QED) is 0.405. The fourth-order valence-corrected chi connectivity index (χ4v) is 5.40. The van der Waals surface area contributed by atoms with Crippen LogP contribution in [-0.4, -0.2) is 44.3 Å². The van der Waals surface area contributed by atoms with Gasteiger partial charge in [0, 0.05) is 13.1 Å². The Hall–Kier alpha value is -3.43. The molecule has 0 saturated carbocycles. The third-order valence-electron chi connectivity index (χ3n) is 5.75. The van der Waals surface area contributed by atoms with E-state index >= 15 is 0 Å². The number of amides is 2. The molecule has 0 radical (unpaired) electrons. The van der Waals surface area contributed by atoms with Gasteiger partial charge in [0.2, 0.25) is 11.8 Å². The third kappa shape index (κ3) is 6.87. The fraction of sp³-hybridized carbons (Fsp3) is 0.259. The van der Waals surface area contributed by atoms with Gasteiger partial charge in [0.15, 0.2) is 0 Å². The molecule has 3 aromatic carbocycles. The zero-order valence-electron chi connectivity index (χ0n) is 20.8. The van der Waals surface area contributed by atoms with Crippen molar-refractivity contribution in [2.24, 2.45) is 0 Å². The normalized spacial score (nSPS) is 12.0. The summed E-state index contributed by atoms with van der Waals surface area (Å²) < 4.78 is 42.0. The maximum Gasteiger partial charge on any atom is 0.264 e. The van der Waals surface area contributed by atoms with Gasteiger partial charge in [-0.15, -0.1) is 0 Å². The van der Waals surface area contributed by atoms with Crippen LogP contribution < -0.4 is 9.62 Å². The molecule has 1 unspecified atom stereocenters. The number of carbonyl (C=O) groups excluding carboxylic acids is 2. The van der Waals surface area contributed by atoms with Gasteiger partial charge in [0.05, 0.1) is 15.6 Å². The van der Waals surface area contributed by atoms with Crippen molar-refractivity contribution in [3.8, 4) is 0 Å². The summed E-state index contributed by atoms with van der Waals surface area (Å²) in [4.78, 5) is 27.7. The van der Waals surface area contributed by atoms with Gasteiger partial charge in [0.25, 0.3) is 10.0 Å². The van der Waals surface area contributed by atoms with Gasteiger partial charge < -0.3 is 10.2 Å². The minimum Gasteiger partial charge on any atom is -0.355 e. The molecule has 0 aliphatic heterocycles. The molecule has 0 fully saturated rings. The van der Waals surface area contributed by atoms with Crippen molar-refractivity contribution in [2.45, 2.75) is 38.3 Å². The number of anilines is 1. The van der Waals surface area contributed by atoms with Gasteiger partial charge in [-0.25, -0.2) is 12.8 Å². The molecule has 7 nitrogen and oxygen atoms in total. The lowest BCUT2D eigenvalue weighted by Crippen LogP contribution is -2.51. The molecular weight excluding hydrogens is 517 g/mol. The molecule has 1 atom stereocenters. The van der Waals surface area contributed by atoms with E-state index in [-0.39, 0.29) is 28.1 Å². The van der Waals surface area contributed by atoms with E-state index < -0.39 is 34.3 Å². The Balaban J connectivity index is 2.04. The van der Waals surface area contributed by atoms with Crippen molar-refractivity contribution in [1.82, 2.24) is 10.2 Å². The number of nitrogens with zero attached hydrogens (tertiary/aromatic N) is 2. The number of aryl methyl sites for hydroxylation is 1. The topological polar surface area (TPSA) is 86.8 Å². The summed E-state index contributed by atoms with van der Waals surface area (Å²) in [5.41, 5.74) is 1.78. The minimum atomic E-state index is -4.24. The molecule has 2 amide bonds. The number of halogens is 2. The zero-order valence-corrected chi connectivity index (χ0v) is 22.4. The SMILES string of the molecule is CCNC(=O)C(C)N(Cc1cccc(C)c1)C(=O)CN(c1ccc(F)c(Cl)c1)S(=O)(=O)c1ccccc1. The van der Waals surface area contributed by atoms with Crippen molar-refractivity contribution in [3.63, 3.8) is 0 Å². The van der Waals surface area contributed by atoms with Gasteiger partial charge >= 0.3 is 0 Å². The number of nitrogens with one attached hydrogen (secondary N) is 1. The van der Waals surface area contributed by atoms with Gasteiger partial charge in [-0.3, -0.25) is 13.9 Å². The summed E-state index contributed by atoms with van der Waals surface area (Å²) in [6.45, 7) is 5.10. The van der Waals surface area contributed by atoms with Crippen molar-refractivity contribution in [3.05, 3.63) is 94.8 Å². The van der Waals surface area contributed by atoms with E-state index in [0.717, 1.165) is 27.6 Å². The van der Waals surface area contributed by atoms with Crippen molar-refractivity contribution in [1.29, 1.82) is 0 Å². The molecule has 0 aliphatic carbocycles. The van der Waals surface area contributed by atoms with Crippen molar-refractivity contribution in [2.75, 3.05) is 17.4 Å². The molecule has 0 bridgehead atoms. The van der Waals surface area contributed by atoms with E-state index in [4.69, 9.17) is 11.6 Å². The van der Waals surface area contributed by atoms with Gasteiger partial charge in [0.1, 0.15) is 18.4 Å². The Morgan fingerprint density at radius 1 is 1.03 bits per heavy atom. The van der Waals surface area contributed by atoms with Gasteiger partial charge in [-0.05, 0) is 56.7 Å². The van der Waals surface area contributed by atoms with E-state index in [0.29, 0.717) is 6.54 Å². The van der Waals surface area contributed by atoms with Gasteiger partial charge in [-0.2, -0.15) is 0 Å². The Bertz CT molecular complexity index is 1370. The predicted molar refractivity (Wildman–Crippen MR) is 142 cm³/mol. The number of hydrogen-bond donors (Lipinski definition) is 1. The maximum atomic E-state index is 13.9. The van der Waals surface area contributed by atoms with Crippen LogP contribution >= 0.6 is 11.6 Å². The van der Waals surface area contributed by atoms with Crippen molar-refractivity contribution < 1.29 is 22.4 Å². The average Bonchev–Trinajstić information content (AvgIpc) is 2.87. The summed E-state index contributed by atoms with van der Waals surface area (Å²) in [5, 5.41) is 2.42. The first-order chi connectivity index (χ1) is 17.5. The second-order valence-electron chi connectivity index (χ2n) is 8.50. The second kappa shape index (κ2) is 12.2. The summed E-state index contributed by atoms with van der Waals surface area (Å²) in [7, 11) is -4.24. The van der Waals surface area contributed by atoms with Crippen LogP contribution in [0, 0.1) is 12.7 Å². The Labute approximate surface area is 221 Å². The first-order valence-corrected chi connectivity index (χ1v) is 13.5. The number of likely N-dealkylation sites (N-methyl/N-ethyl adjacent to an activating group) is 1. The highest BCUT2D eigenvalue weighted by Gasteiger charge is 2.32. The highest BCUT2D eigenvalue weighted by Crippen LogP contribution is 2.28. The van der Waals surface area contributed by atoms with Gasteiger partial charge in [-0.1, -0.05) is 59.6 Å². The number of benzene rings is 3. The smallest absolute Gasteiger partial charge is 0.264 e. The largest absolute Gasteiger partial charge is 0.355 e. The van der Waals surface area contributed by atoms with E-state index in [1.165, 1.54) is 23.1 Å². The highest BCUT2D eigenvalue weighted by molar-refractivity contribution is 7.92. The molecule has 1 N–H and O–H groups in total. The third-order valence-corrected chi connectivity index (χ3v) is 7.83. The summed E-state index contributed by atoms with van der Waals surface area (Å²) in [6.07, 6.45) is 0. The highest BCUT2D eigenvalue weighted by atomic mass is 35.5. The predicted octanol–water partition coefficient (Wildman–Crippen LogP) is 4.54. The molecular formula is C27H29ClFN3O4S. The number of hydrogen-bond acceptors (Lipinski definition) is 4. The number of sulfonamides is 1. The second-order valence-corrected chi connectivity index (χ2v) is 10.8. The maximum absolute atomic E-state index is 13.9. The van der Waals surface area contributed by atoms with E-state index in [9.17, 15) is 22.4 Å². The van der Waals surface area contributed by atoms with Crippen LogP contribution in [0.25, 0.3) is 0 Å². The molecule has 0 saturated heterocycles. The molecule has 196 valence electrons. The molecule has 0 heterocycles. The number of carbonyl (C=O) groups is 2. The lowest BCUT2D eigenvalue weighted by Gasteiger charge is -2.32. The summed E-state index contributed by atoms with van der Waals surface area (Å²) in [6, 6.07) is 17.6. The summed E-state index contributed by atoms with van der Waals surface area (Å²) in [5.74, 6) is -1.70.